The van der Waals surface area contributed by atoms with Gasteiger partial charge in [0.05, 0.1) is 4.70 Å². The number of benzene rings is 7. The molecule has 7 aromatic carbocycles. The van der Waals surface area contributed by atoms with E-state index in [0.29, 0.717) is 0 Å². The van der Waals surface area contributed by atoms with Crippen LogP contribution >= 0.6 is 11.3 Å². The maximum Gasteiger partial charge on any atom is 0.256 e. The van der Waals surface area contributed by atoms with Gasteiger partial charge in [-0.3, -0.25) is 0 Å². The van der Waals surface area contributed by atoms with Crippen LogP contribution in [0, 0.1) is 0 Å². The summed E-state index contributed by atoms with van der Waals surface area (Å²) in [5.41, 5.74) is 10.7. The highest BCUT2D eigenvalue weighted by Crippen LogP contribution is 2.46. The molecular weight excluding hydrogens is 591 g/mol. The fraction of sp³-hybridized carbons (Fsp3) is 0. The van der Waals surface area contributed by atoms with Crippen LogP contribution in [-0.2, 0) is 0 Å². The molecule has 0 unspecified atom stereocenters. The fourth-order valence-electron chi connectivity index (χ4n) is 7.51. The van der Waals surface area contributed by atoms with Crippen molar-refractivity contribution in [2.24, 2.45) is 0 Å². The molecule has 47 heavy (non-hydrogen) atoms. The zero-order chi connectivity index (χ0) is 30.9. The van der Waals surface area contributed by atoms with Crippen LogP contribution in [0.1, 0.15) is 0 Å². The highest BCUT2D eigenvalue weighted by molar-refractivity contribution is 7.26. The number of fused-ring (bicyclic) bond motifs is 8. The van der Waals surface area contributed by atoms with Crippen molar-refractivity contribution < 1.29 is 4.74 Å². The molecule has 0 amide bonds. The maximum atomic E-state index is 6.96. The first-order valence-electron chi connectivity index (χ1n) is 16.0. The van der Waals surface area contributed by atoms with Crippen LogP contribution in [0.3, 0.4) is 0 Å². The molecule has 220 valence electrons. The molecule has 3 heterocycles. The van der Waals surface area contributed by atoms with Crippen molar-refractivity contribution >= 4 is 88.7 Å². The summed E-state index contributed by atoms with van der Waals surface area (Å²) < 4.78 is 9.39. The Labute approximate surface area is 277 Å². The van der Waals surface area contributed by atoms with Gasteiger partial charge in [0.15, 0.2) is 0 Å². The predicted molar refractivity (Wildman–Crippen MR) is 200 cm³/mol. The van der Waals surface area contributed by atoms with Crippen LogP contribution in [0.5, 0.6) is 11.5 Å². The lowest BCUT2D eigenvalue weighted by molar-refractivity contribution is 0.494. The number of ether oxygens (including phenoxy) is 1. The number of hydrogen-bond donors (Lipinski definition) is 0. The number of rotatable bonds is 4. The maximum absolute atomic E-state index is 6.96. The molecule has 0 spiro atoms. The third kappa shape index (κ3) is 4.00. The lowest BCUT2D eigenvalue weighted by Gasteiger charge is -2.39. The van der Waals surface area contributed by atoms with Crippen molar-refractivity contribution in [2.45, 2.75) is 0 Å². The van der Waals surface area contributed by atoms with Crippen molar-refractivity contribution in [2.75, 3.05) is 9.80 Å². The molecule has 0 atom stereocenters. The fourth-order valence-corrected chi connectivity index (χ4v) is 8.74. The summed E-state index contributed by atoms with van der Waals surface area (Å²) in [5.74, 6) is 1.91. The molecule has 2 aliphatic heterocycles. The predicted octanol–water partition coefficient (Wildman–Crippen LogP) is 9.93. The third-order valence-electron chi connectivity index (χ3n) is 9.50. The van der Waals surface area contributed by atoms with Crippen LogP contribution in [-0.4, -0.2) is 6.71 Å². The summed E-state index contributed by atoms with van der Waals surface area (Å²) in [6.45, 7) is 0.0814. The Bertz CT molecular complexity index is 2420. The Morgan fingerprint density at radius 1 is 0.532 bits per heavy atom. The first-order chi connectivity index (χ1) is 23.3. The van der Waals surface area contributed by atoms with E-state index in [1.807, 2.05) is 11.3 Å². The molecular formula is C42H27BN2OS. The van der Waals surface area contributed by atoms with Gasteiger partial charge in [-0.15, -0.1) is 11.3 Å². The third-order valence-corrected chi connectivity index (χ3v) is 10.7. The van der Waals surface area contributed by atoms with Crippen LogP contribution in [0.15, 0.2) is 164 Å². The molecule has 8 aromatic rings. The van der Waals surface area contributed by atoms with Crippen molar-refractivity contribution in [3.05, 3.63) is 164 Å². The standard InChI is InChI=1S/C42H27BN2OS/c1-4-13-28(14-5-1)44(29-15-6-2-7-16-29)31-23-24-32-33-25-26-35-41(42(33)47-39(32)27-31)46-38-22-12-21-37-40(38)43(35)34-19-10-11-20-36(34)45(37)30-17-8-3-9-18-30/h1-27H. The second-order valence-corrected chi connectivity index (χ2v) is 13.2. The molecule has 0 N–H and O–H groups in total. The molecule has 0 aliphatic carbocycles. The molecule has 0 radical (unpaired) electrons. The van der Waals surface area contributed by atoms with E-state index in [-0.39, 0.29) is 6.71 Å². The van der Waals surface area contributed by atoms with Gasteiger partial charge >= 0.3 is 0 Å². The monoisotopic (exact) mass is 618 g/mol. The first kappa shape index (κ1) is 26.4. The lowest BCUT2D eigenvalue weighted by Crippen LogP contribution is -2.59. The number of thiophene rings is 1. The largest absolute Gasteiger partial charge is 0.457 e. The van der Waals surface area contributed by atoms with Gasteiger partial charge in [-0.2, -0.15) is 0 Å². The Morgan fingerprint density at radius 3 is 1.96 bits per heavy atom. The second-order valence-electron chi connectivity index (χ2n) is 12.1. The minimum Gasteiger partial charge on any atom is -0.457 e. The van der Waals surface area contributed by atoms with E-state index in [1.54, 1.807) is 0 Å². The van der Waals surface area contributed by atoms with Gasteiger partial charge in [0, 0.05) is 49.6 Å². The lowest BCUT2D eigenvalue weighted by atomic mass is 9.34. The SMILES string of the molecule is c1ccc(N(c2ccccc2)c2ccc3c(c2)sc2c4c(ccc23)B2c3ccccc3N(c3ccccc3)c3cccc(c32)O4)cc1. The van der Waals surface area contributed by atoms with Crippen LogP contribution in [0.25, 0.3) is 20.2 Å². The van der Waals surface area contributed by atoms with Gasteiger partial charge < -0.3 is 14.5 Å². The van der Waals surface area contributed by atoms with E-state index < -0.39 is 0 Å². The second kappa shape index (κ2) is 10.4. The number of anilines is 6. The van der Waals surface area contributed by atoms with E-state index >= 15 is 0 Å². The van der Waals surface area contributed by atoms with Crippen LogP contribution in [0.4, 0.5) is 34.1 Å². The number of nitrogens with zero attached hydrogens (tertiary/aromatic N) is 2. The van der Waals surface area contributed by atoms with Gasteiger partial charge in [-0.25, -0.2) is 0 Å². The zero-order valence-electron chi connectivity index (χ0n) is 25.4. The van der Waals surface area contributed by atoms with Gasteiger partial charge in [-0.05, 0) is 83.1 Å². The molecule has 2 aliphatic rings. The average molecular weight is 619 g/mol. The van der Waals surface area contributed by atoms with Crippen molar-refractivity contribution in [3.63, 3.8) is 0 Å². The van der Waals surface area contributed by atoms with Crippen LogP contribution < -0.4 is 30.9 Å². The normalized spacial score (nSPS) is 12.8. The highest BCUT2D eigenvalue weighted by atomic mass is 32.1. The summed E-state index contributed by atoms with van der Waals surface area (Å²) in [6, 6.07) is 58.6. The van der Waals surface area contributed by atoms with E-state index in [0.717, 1.165) is 34.2 Å². The van der Waals surface area contributed by atoms with Gasteiger partial charge in [0.2, 0.25) is 0 Å². The molecule has 0 bridgehead atoms. The van der Waals surface area contributed by atoms with Crippen LogP contribution in [0.2, 0.25) is 0 Å². The number of hydrogen-bond acceptors (Lipinski definition) is 4. The van der Waals surface area contributed by atoms with Crippen molar-refractivity contribution in [1.29, 1.82) is 0 Å². The Hall–Kier alpha value is -5.78. The molecule has 0 fully saturated rings. The van der Waals surface area contributed by atoms with Crippen molar-refractivity contribution in [1.82, 2.24) is 0 Å². The van der Waals surface area contributed by atoms with E-state index in [2.05, 4.69) is 174 Å². The van der Waals surface area contributed by atoms with E-state index in [9.17, 15) is 0 Å². The summed E-state index contributed by atoms with van der Waals surface area (Å²) in [6.07, 6.45) is 0. The van der Waals surface area contributed by atoms with Gasteiger partial charge in [0.25, 0.3) is 6.71 Å². The van der Waals surface area contributed by atoms with Crippen molar-refractivity contribution in [3.8, 4) is 11.5 Å². The Balaban J connectivity index is 1.16. The molecule has 0 saturated heterocycles. The summed E-state index contributed by atoms with van der Waals surface area (Å²) >= 11 is 1.82. The van der Waals surface area contributed by atoms with E-state index in [1.165, 1.54) is 47.9 Å². The molecule has 1 aromatic heterocycles. The molecule has 10 rings (SSSR count). The quantitative estimate of drug-likeness (QED) is 0.183. The Kier molecular flexibility index (Phi) is 5.84. The summed E-state index contributed by atoms with van der Waals surface area (Å²) in [5, 5.41) is 2.48. The molecule has 5 heteroatoms. The number of para-hydroxylation sites is 4. The van der Waals surface area contributed by atoms with E-state index in [4.69, 9.17) is 4.74 Å². The zero-order valence-corrected chi connectivity index (χ0v) is 26.2. The average Bonchev–Trinajstić information content (AvgIpc) is 3.51. The summed E-state index contributed by atoms with van der Waals surface area (Å²) in [7, 11) is 0. The first-order valence-corrected chi connectivity index (χ1v) is 16.8. The van der Waals surface area contributed by atoms with Gasteiger partial charge in [0.1, 0.15) is 11.5 Å². The topological polar surface area (TPSA) is 15.7 Å². The smallest absolute Gasteiger partial charge is 0.256 e. The molecule has 3 nitrogen and oxygen atoms in total. The Morgan fingerprint density at radius 2 is 1.19 bits per heavy atom. The molecule has 0 saturated carbocycles. The minimum absolute atomic E-state index is 0.0814. The minimum atomic E-state index is 0.0814. The van der Waals surface area contributed by atoms with Gasteiger partial charge in [-0.1, -0.05) is 97.1 Å². The highest BCUT2D eigenvalue weighted by Gasteiger charge is 2.42. The summed E-state index contributed by atoms with van der Waals surface area (Å²) in [4.78, 5) is 4.70.